The molecule has 4 aromatic rings. The molecule has 1 aromatic heterocycles. The van der Waals surface area contributed by atoms with Gasteiger partial charge < -0.3 is 30.3 Å². The van der Waals surface area contributed by atoms with Crippen molar-refractivity contribution in [3.8, 4) is 11.5 Å². The first kappa shape index (κ1) is 27.1. The third kappa shape index (κ3) is 5.09. The summed E-state index contributed by atoms with van der Waals surface area (Å²) in [6, 6.07) is 19.4. The summed E-state index contributed by atoms with van der Waals surface area (Å²) in [6.45, 7) is 5.21. The number of hydrogen-bond acceptors (Lipinski definition) is 6. The molecule has 9 nitrogen and oxygen atoms in total. The Labute approximate surface area is 244 Å². The molecule has 6 rings (SSSR count). The molecule has 3 N–H and O–H groups in total. The minimum absolute atomic E-state index is 0.0174. The maximum absolute atomic E-state index is 12.9. The lowest BCUT2D eigenvalue weighted by molar-refractivity contribution is -0.117. The number of rotatable bonds is 8. The second kappa shape index (κ2) is 11.4. The van der Waals surface area contributed by atoms with Gasteiger partial charge in [-0.25, -0.2) is 4.79 Å². The lowest BCUT2D eigenvalue weighted by Crippen LogP contribution is -2.44. The van der Waals surface area contributed by atoms with E-state index >= 15 is 0 Å². The standard InChI is InChI=1S/C33H33N5O4/c1-4-28(39)35-22-13-16-38(17-14-22)24-10-8-21(9-11-24)36-33(40)37-23-7-5-6-20(18-23)29-25-12-15-34-26-19-27(41-2)32(42-3)31(29)30(25)26/h4-12,15,18-19,22,29H,1,13-14,16-17H2,2-3H3,(H,35,39)(H2,36,37,40)/t29-/m0/s1. The monoisotopic (exact) mass is 563 g/mol. The minimum atomic E-state index is -0.321. The van der Waals surface area contributed by atoms with E-state index in [0.717, 1.165) is 53.6 Å². The van der Waals surface area contributed by atoms with Crippen LogP contribution in [-0.2, 0) is 4.79 Å². The number of nitrogens with one attached hydrogen (secondary N) is 3. The number of nitrogens with zero attached hydrogens (tertiary/aromatic N) is 2. The van der Waals surface area contributed by atoms with Crippen LogP contribution in [0, 0.1) is 0 Å². The number of carbonyl (C=O) groups excluding carboxylic acids is 2. The number of aromatic nitrogens is 1. The Bertz CT molecular complexity index is 1660. The van der Waals surface area contributed by atoms with E-state index < -0.39 is 0 Å². The van der Waals surface area contributed by atoms with Crippen molar-refractivity contribution in [3.05, 3.63) is 96.2 Å². The number of urea groups is 1. The predicted octanol–water partition coefficient (Wildman–Crippen LogP) is 5.66. The van der Waals surface area contributed by atoms with Crippen molar-refractivity contribution in [1.82, 2.24) is 10.3 Å². The lowest BCUT2D eigenvalue weighted by Gasteiger charge is -2.33. The van der Waals surface area contributed by atoms with Gasteiger partial charge in [-0.15, -0.1) is 0 Å². The quantitative estimate of drug-likeness (QED) is 0.211. The Morgan fingerprint density at radius 1 is 0.976 bits per heavy atom. The highest BCUT2D eigenvalue weighted by Crippen LogP contribution is 2.54. The zero-order valence-electron chi connectivity index (χ0n) is 23.6. The average Bonchev–Trinajstić information content (AvgIpc) is 3.00. The highest BCUT2D eigenvalue weighted by atomic mass is 16.5. The molecule has 1 aliphatic heterocycles. The SMILES string of the molecule is C=CC(=O)NC1CCN(c2ccc(NC(=O)Nc3cccc([C@H]4c5ccnc6cc(OC)c(OC)c4c56)c3)cc2)CC1. The van der Waals surface area contributed by atoms with Crippen LogP contribution in [0.2, 0.25) is 0 Å². The van der Waals surface area contributed by atoms with Crippen LogP contribution < -0.4 is 30.3 Å². The molecule has 0 spiro atoms. The fourth-order valence-electron chi connectivity index (χ4n) is 6.02. The zero-order chi connectivity index (χ0) is 29.2. The molecule has 0 radical (unpaired) electrons. The molecule has 1 atom stereocenters. The number of benzene rings is 3. The fourth-order valence-corrected chi connectivity index (χ4v) is 6.02. The number of hydrogen-bond donors (Lipinski definition) is 3. The third-order valence-corrected chi connectivity index (χ3v) is 8.04. The van der Waals surface area contributed by atoms with Crippen LogP contribution in [-0.4, -0.2) is 50.3 Å². The predicted molar refractivity (Wildman–Crippen MR) is 165 cm³/mol. The summed E-state index contributed by atoms with van der Waals surface area (Å²) in [5, 5.41) is 9.95. The number of ether oxygens (including phenoxy) is 2. The molecule has 214 valence electrons. The number of methoxy groups -OCH3 is 2. The van der Waals surface area contributed by atoms with Crippen molar-refractivity contribution in [2.24, 2.45) is 0 Å². The maximum atomic E-state index is 12.9. The first-order valence-corrected chi connectivity index (χ1v) is 14.0. The molecular formula is C33H33N5O4. The highest BCUT2D eigenvalue weighted by molar-refractivity contribution is 6.01. The van der Waals surface area contributed by atoms with Crippen LogP contribution in [0.5, 0.6) is 11.5 Å². The molecule has 0 saturated carbocycles. The molecule has 9 heteroatoms. The van der Waals surface area contributed by atoms with Gasteiger partial charge in [-0.3, -0.25) is 9.78 Å². The van der Waals surface area contributed by atoms with Gasteiger partial charge in [0.2, 0.25) is 5.91 Å². The van der Waals surface area contributed by atoms with Gasteiger partial charge in [0.25, 0.3) is 0 Å². The number of carbonyl (C=O) groups is 2. The molecule has 1 saturated heterocycles. The fraction of sp³-hybridized carbons (Fsp3) is 0.242. The van der Waals surface area contributed by atoms with Crippen LogP contribution in [0.15, 0.2) is 79.5 Å². The molecular weight excluding hydrogens is 530 g/mol. The molecule has 42 heavy (non-hydrogen) atoms. The number of anilines is 3. The molecule has 1 aliphatic carbocycles. The van der Waals surface area contributed by atoms with E-state index in [1.165, 1.54) is 11.6 Å². The van der Waals surface area contributed by atoms with E-state index in [1.54, 1.807) is 14.2 Å². The molecule has 1 fully saturated rings. The molecule has 3 amide bonds. The molecule has 3 aromatic carbocycles. The van der Waals surface area contributed by atoms with Gasteiger partial charge in [-0.2, -0.15) is 0 Å². The van der Waals surface area contributed by atoms with E-state index in [1.807, 2.05) is 60.8 Å². The second-order valence-electron chi connectivity index (χ2n) is 10.5. The van der Waals surface area contributed by atoms with E-state index in [9.17, 15) is 9.59 Å². The van der Waals surface area contributed by atoms with Gasteiger partial charge in [0.15, 0.2) is 11.5 Å². The summed E-state index contributed by atoms with van der Waals surface area (Å²) in [6.07, 6.45) is 4.87. The summed E-state index contributed by atoms with van der Waals surface area (Å²) in [5.74, 6) is 1.21. The van der Waals surface area contributed by atoms with Crippen molar-refractivity contribution >= 4 is 39.9 Å². The summed E-state index contributed by atoms with van der Waals surface area (Å²) in [7, 11) is 3.27. The van der Waals surface area contributed by atoms with Crippen LogP contribution in [0.1, 0.15) is 35.4 Å². The van der Waals surface area contributed by atoms with Gasteiger partial charge in [0.05, 0.1) is 19.7 Å². The Balaban J connectivity index is 1.11. The number of pyridine rings is 1. The Hall–Kier alpha value is -5.05. The third-order valence-electron chi connectivity index (χ3n) is 8.04. The van der Waals surface area contributed by atoms with Crippen LogP contribution >= 0.6 is 0 Å². The number of piperidine rings is 1. The average molecular weight is 564 g/mol. The van der Waals surface area contributed by atoms with Crippen molar-refractivity contribution in [2.75, 3.05) is 42.8 Å². The molecule has 2 aliphatic rings. The van der Waals surface area contributed by atoms with Gasteiger partial charge >= 0.3 is 6.03 Å². The Kier molecular flexibility index (Phi) is 7.39. The summed E-state index contributed by atoms with van der Waals surface area (Å²) in [5.41, 5.74) is 6.60. The normalized spacial score (nSPS) is 15.9. The second-order valence-corrected chi connectivity index (χ2v) is 10.5. The van der Waals surface area contributed by atoms with Crippen molar-refractivity contribution in [3.63, 3.8) is 0 Å². The maximum Gasteiger partial charge on any atom is 0.323 e. The van der Waals surface area contributed by atoms with Gasteiger partial charge in [-0.05, 0) is 72.5 Å². The van der Waals surface area contributed by atoms with Gasteiger partial charge in [0.1, 0.15) is 0 Å². The zero-order valence-corrected chi connectivity index (χ0v) is 23.6. The highest BCUT2D eigenvalue weighted by Gasteiger charge is 2.36. The first-order valence-electron chi connectivity index (χ1n) is 14.0. The number of amides is 3. The van der Waals surface area contributed by atoms with E-state index in [2.05, 4.69) is 38.5 Å². The lowest BCUT2D eigenvalue weighted by atomic mass is 9.72. The van der Waals surface area contributed by atoms with Crippen LogP contribution in [0.25, 0.3) is 10.9 Å². The summed E-state index contributed by atoms with van der Waals surface area (Å²) < 4.78 is 11.3. The van der Waals surface area contributed by atoms with E-state index in [0.29, 0.717) is 22.9 Å². The first-order chi connectivity index (χ1) is 20.5. The van der Waals surface area contributed by atoms with Crippen LogP contribution in [0.4, 0.5) is 21.9 Å². The topological polar surface area (TPSA) is 105 Å². The largest absolute Gasteiger partial charge is 0.493 e. The van der Waals surface area contributed by atoms with Crippen molar-refractivity contribution in [1.29, 1.82) is 0 Å². The molecule has 2 heterocycles. The van der Waals surface area contributed by atoms with E-state index in [-0.39, 0.29) is 23.9 Å². The Morgan fingerprint density at radius 2 is 1.74 bits per heavy atom. The summed E-state index contributed by atoms with van der Waals surface area (Å²) in [4.78, 5) is 31.3. The van der Waals surface area contributed by atoms with Gasteiger partial charge in [0, 0.05) is 65.3 Å². The van der Waals surface area contributed by atoms with Crippen molar-refractivity contribution < 1.29 is 19.1 Å². The van der Waals surface area contributed by atoms with Crippen molar-refractivity contribution in [2.45, 2.75) is 24.8 Å². The van der Waals surface area contributed by atoms with E-state index in [4.69, 9.17) is 9.47 Å². The smallest absolute Gasteiger partial charge is 0.323 e. The summed E-state index contributed by atoms with van der Waals surface area (Å²) >= 11 is 0. The molecule has 0 unspecified atom stereocenters. The van der Waals surface area contributed by atoms with Gasteiger partial charge in [-0.1, -0.05) is 18.7 Å². The Morgan fingerprint density at radius 3 is 2.45 bits per heavy atom. The van der Waals surface area contributed by atoms with Crippen LogP contribution in [0.3, 0.4) is 0 Å². The molecule has 0 bridgehead atoms. The minimum Gasteiger partial charge on any atom is -0.493 e.